The van der Waals surface area contributed by atoms with Crippen LogP contribution in [-0.2, 0) is 0 Å². The second-order valence-corrected chi connectivity index (χ2v) is 4.09. The first-order valence-corrected chi connectivity index (χ1v) is 5.68. The Hall–Kier alpha value is -1.62. The van der Waals surface area contributed by atoms with Crippen LogP contribution < -0.4 is 4.74 Å². The first-order chi connectivity index (χ1) is 9.06. The molecule has 0 aliphatic rings. The summed E-state index contributed by atoms with van der Waals surface area (Å²) < 4.78 is 5.13. The minimum atomic E-state index is -1.06. The Bertz CT molecular complexity index is 620. The number of carboxylic acid groups (broad SMARTS) is 1. The molecule has 0 fully saturated rings. The van der Waals surface area contributed by atoms with Gasteiger partial charge in [-0.15, -0.1) is 0 Å². The third-order valence-electron chi connectivity index (χ3n) is 2.58. The van der Waals surface area contributed by atoms with Gasteiger partial charge in [0.25, 0.3) is 0 Å². The van der Waals surface area contributed by atoms with Crippen molar-refractivity contribution in [3.05, 3.63) is 65.2 Å². The Morgan fingerprint density at radius 1 is 1.00 bits per heavy atom. The molecule has 20 heavy (non-hydrogen) atoms. The molecule has 0 spiro atoms. The molecule has 0 saturated carbocycles. The van der Waals surface area contributed by atoms with Crippen molar-refractivity contribution in [2.24, 2.45) is 0 Å². The number of rotatable bonds is 3. The number of esters is 1. The van der Waals surface area contributed by atoms with E-state index >= 15 is 0 Å². The summed E-state index contributed by atoms with van der Waals surface area (Å²) in [6, 6.07) is 12.8. The van der Waals surface area contributed by atoms with Gasteiger partial charge in [-0.25, -0.2) is 9.59 Å². The second kappa shape index (κ2) is 7.24. The zero-order valence-electron chi connectivity index (χ0n) is 10.3. The quantitative estimate of drug-likeness (QED) is 0.532. The average Bonchev–Trinajstić information content (AvgIpc) is 2.39. The molecule has 2 aromatic carbocycles. The van der Waals surface area contributed by atoms with Crippen molar-refractivity contribution in [3.8, 4) is 5.75 Å². The second-order valence-electron chi connectivity index (χ2n) is 4.09. The fourth-order valence-electron chi connectivity index (χ4n) is 1.55. The van der Waals surface area contributed by atoms with Gasteiger partial charge in [-0.3, -0.25) is 0 Å². The summed E-state index contributed by atoms with van der Waals surface area (Å²) >= 11 is 0. The Kier molecular flexibility index (Phi) is 5.95. The molecule has 1 N–H and O–H groups in total. The number of carboxylic acids is 1. The molecular formula is C15H13NaO4. The molecule has 2 aromatic rings. The summed E-state index contributed by atoms with van der Waals surface area (Å²) in [4.78, 5) is 22.6. The van der Waals surface area contributed by atoms with Crippen LogP contribution in [0.5, 0.6) is 5.75 Å². The zero-order valence-corrected chi connectivity index (χ0v) is 10.3. The molecule has 0 saturated heterocycles. The fourth-order valence-corrected chi connectivity index (χ4v) is 1.55. The molecule has 0 aromatic heterocycles. The minimum absolute atomic E-state index is 0. The average molecular weight is 280 g/mol. The van der Waals surface area contributed by atoms with Gasteiger partial charge in [0.05, 0.1) is 11.1 Å². The number of benzene rings is 2. The molecule has 0 unspecified atom stereocenters. The third-order valence-corrected chi connectivity index (χ3v) is 2.58. The van der Waals surface area contributed by atoms with Crippen LogP contribution >= 0.6 is 0 Å². The summed E-state index contributed by atoms with van der Waals surface area (Å²) in [5.41, 5.74) is 1.55. The van der Waals surface area contributed by atoms with Crippen LogP contribution in [0.15, 0.2) is 48.5 Å². The Morgan fingerprint density at radius 3 is 2.25 bits per heavy atom. The Labute approximate surface area is 138 Å². The molecule has 5 heteroatoms. The monoisotopic (exact) mass is 280 g/mol. The number of hydrogen-bond donors (Lipinski definition) is 1. The normalized spacial score (nSPS) is 9.45. The third kappa shape index (κ3) is 4.20. The van der Waals surface area contributed by atoms with Crippen LogP contribution in [0.4, 0.5) is 0 Å². The first kappa shape index (κ1) is 16.4. The molecule has 98 valence electrons. The van der Waals surface area contributed by atoms with Crippen molar-refractivity contribution in [1.29, 1.82) is 0 Å². The van der Waals surface area contributed by atoms with Gasteiger partial charge in [-0.1, -0.05) is 23.8 Å². The van der Waals surface area contributed by atoms with Crippen LogP contribution in [0.1, 0.15) is 26.3 Å². The molecule has 0 aliphatic heterocycles. The van der Waals surface area contributed by atoms with E-state index in [4.69, 9.17) is 9.84 Å². The van der Waals surface area contributed by atoms with E-state index in [1.54, 1.807) is 18.2 Å². The molecule has 4 nitrogen and oxygen atoms in total. The van der Waals surface area contributed by atoms with E-state index in [1.165, 1.54) is 18.2 Å². The van der Waals surface area contributed by atoms with E-state index in [9.17, 15) is 9.59 Å². The van der Waals surface area contributed by atoms with Gasteiger partial charge >= 0.3 is 41.5 Å². The van der Waals surface area contributed by atoms with Crippen LogP contribution in [0.25, 0.3) is 0 Å². The SMILES string of the molecule is Cc1ccc(C(=O)Oc2cccc(C(=O)O)c2)cc1.[NaH]. The Balaban J connectivity index is 0.00000200. The number of ether oxygens (including phenoxy) is 1. The topological polar surface area (TPSA) is 63.6 Å². The number of carbonyl (C=O) groups is 2. The number of carbonyl (C=O) groups excluding carboxylic acids is 1. The van der Waals surface area contributed by atoms with Crippen LogP contribution in [0, 0.1) is 6.92 Å². The van der Waals surface area contributed by atoms with Crippen LogP contribution in [-0.4, -0.2) is 46.6 Å². The summed E-state index contributed by atoms with van der Waals surface area (Å²) in [6.45, 7) is 1.92. The molecule has 2 rings (SSSR count). The fraction of sp³-hybridized carbons (Fsp3) is 0.0667. The Morgan fingerprint density at radius 2 is 1.65 bits per heavy atom. The van der Waals surface area contributed by atoms with Crippen LogP contribution in [0.2, 0.25) is 0 Å². The molecule has 0 heterocycles. The first-order valence-electron chi connectivity index (χ1n) is 5.68. The van der Waals surface area contributed by atoms with Crippen molar-refractivity contribution < 1.29 is 19.4 Å². The van der Waals surface area contributed by atoms with Gasteiger partial charge in [-0.2, -0.15) is 0 Å². The molecule has 0 aliphatic carbocycles. The summed E-state index contributed by atoms with van der Waals surface area (Å²) in [6.07, 6.45) is 0. The molecule has 0 amide bonds. The van der Waals surface area contributed by atoms with E-state index in [1.807, 2.05) is 19.1 Å². The van der Waals surface area contributed by atoms with Crippen LogP contribution in [0.3, 0.4) is 0 Å². The van der Waals surface area contributed by atoms with Crippen molar-refractivity contribution >= 4 is 41.5 Å². The van der Waals surface area contributed by atoms with E-state index < -0.39 is 11.9 Å². The predicted molar refractivity (Wildman–Crippen MR) is 76.7 cm³/mol. The maximum absolute atomic E-state index is 11.8. The maximum atomic E-state index is 11.8. The van der Waals surface area contributed by atoms with Gasteiger partial charge in [0.2, 0.25) is 0 Å². The molecule has 0 atom stereocenters. The van der Waals surface area contributed by atoms with Crippen molar-refractivity contribution in [1.82, 2.24) is 0 Å². The van der Waals surface area contributed by atoms with E-state index in [-0.39, 0.29) is 40.9 Å². The zero-order chi connectivity index (χ0) is 13.8. The molecular weight excluding hydrogens is 267 g/mol. The van der Waals surface area contributed by atoms with Gasteiger partial charge < -0.3 is 9.84 Å². The van der Waals surface area contributed by atoms with E-state index in [2.05, 4.69) is 0 Å². The predicted octanol–water partition coefficient (Wildman–Crippen LogP) is 2.26. The summed E-state index contributed by atoms with van der Waals surface area (Å²) in [5, 5.41) is 8.85. The van der Waals surface area contributed by atoms with Crippen molar-refractivity contribution in [2.75, 3.05) is 0 Å². The molecule has 0 radical (unpaired) electrons. The molecule has 0 bridgehead atoms. The van der Waals surface area contributed by atoms with Gasteiger partial charge in [-0.05, 0) is 37.3 Å². The number of aryl methyl sites for hydroxylation is 1. The summed E-state index contributed by atoms with van der Waals surface area (Å²) in [7, 11) is 0. The number of hydrogen-bond acceptors (Lipinski definition) is 3. The van der Waals surface area contributed by atoms with E-state index in [0.29, 0.717) is 5.56 Å². The van der Waals surface area contributed by atoms with Crippen molar-refractivity contribution in [2.45, 2.75) is 6.92 Å². The standard InChI is InChI=1S/C15H12O4.Na.H/c1-10-5-7-11(8-6-10)15(18)19-13-4-2-3-12(9-13)14(16)17;;/h2-9H,1H3,(H,16,17);;. The summed E-state index contributed by atoms with van der Waals surface area (Å²) in [5.74, 6) is -1.36. The van der Waals surface area contributed by atoms with Gasteiger partial charge in [0.15, 0.2) is 0 Å². The van der Waals surface area contributed by atoms with Gasteiger partial charge in [0, 0.05) is 0 Å². The van der Waals surface area contributed by atoms with Crippen molar-refractivity contribution in [3.63, 3.8) is 0 Å². The number of aromatic carboxylic acids is 1. The van der Waals surface area contributed by atoms with Gasteiger partial charge in [0.1, 0.15) is 5.75 Å². The van der Waals surface area contributed by atoms with E-state index in [0.717, 1.165) is 5.56 Å².